The first kappa shape index (κ1) is 28.0. The third kappa shape index (κ3) is 5.49. The molecule has 1 fully saturated rings. The molecule has 2 amide bonds. The van der Waals surface area contributed by atoms with Crippen molar-refractivity contribution in [1.29, 1.82) is 0 Å². The number of amides is 2. The van der Waals surface area contributed by atoms with E-state index in [2.05, 4.69) is 43.4 Å². The summed E-state index contributed by atoms with van der Waals surface area (Å²) < 4.78 is 0. The molecule has 1 saturated heterocycles. The lowest BCUT2D eigenvalue weighted by atomic mass is 9.94. The molecule has 0 radical (unpaired) electrons. The van der Waals surface area contributed by atoms with Gasteiger partial charge in [-0.1, -0.05) is 42.5 Å². The number of anilines is 2. The van der Waals surface area contributed by atoms with Gasteiger partial charge in [-0.2, -0.15) is 4.98 Å². The van der Waals surface area contributed by atoms with Gasteiger partial charge >= 0.3 is 6.03 Å². The molecule has 0 spiro atoms. The van der Waals surface area contributed by atoms with Crippen LogP contribution in [0.1, 0.15) is 42.0 Å². The molecule has 2 aliphatic rings. The van der Waals surface area contributed by atoms with E-state index in [1.165, 1.54) is 11.1 Å². The Balaban J connectivity index is 1.12. The van der Waals surface area contributed by atoms with Crippen LogP contribution in [-0.4, -0.2) is 59.6 Å². The van der Waals surface area contributed by atoms with Gasteiger partial charge in [-0.15, -0.1) is 0 Å². The Morgan fingerprint density at radius 3 is 2.50 bits per heavy atom. The quantitative estimate of drug-likeness (QED) is 0.214. The van der Waals surface area contributed by atoms with E-state index in [0.29, 0.717) is 24.4 Å². The first-order chi connectivity index (χ1) is 21.2. The number of aliphatic hydroxyl groups is 1. The summed E-state index contributed by atoms with van der Waals surface area (Å²) in [6.45, 7) is 7.62. The second-order valence-electron chi connectivity index (χ2n) is 12.2. The van der Waals surface area contributed by atoms with E-state index in [-0.39, 0.29) is 12.0 Å². The molecular weight excluding hydrogens is 552 g/mol. The summed E-state index contributed by atoms with van der Waals surface area (Å²) in [6.07, 6.45) is 3.47. The number of piperidine rings is 1. The monoisotopic (exact) mass is 588 g/mol. The van der Waals surface area contributed by atoms with Crippen molar-refractivity contribution in [3.05, 3.63) is 89.1 Å². The number of pyridine rings is 1. The molecule has 10 heteroatoms. The van der Waals surface area contributed by atoms with E-state index < -0.39 is 5.60 Å². The number of carbonyl (C=O) groups is 1. The zero-order chi connectivity index (χ0) is 30.4. The first-order valence-corrected chi connectivity index (χ1v) is 15.0. The number of hydrogen-bond acceptors (Lipinski definition) is 7. The fraction of sp³-hybridized carbons (Fsp3) is 0.294. The van der Waals surface area contributed by atoms with E-state index in [1.807, 2.05) is 67.4 Å². The molecule has 224 valence electrons. The van der Waals surface area contributed by atoms with Crippen LogP contribution in [-0.2, 0) is 19.6 Å². The number of likely N-dealkylation sites (tertiary alicyclic amines) is 1. The standard InChI is InChI=1S/C34H36N8O2/c1-21-25(8-5-9-27(21)38-33(43)42-19-23-6-3-4-7-24(23)20-42)30-26-16-29(37-31(26)40-32(35)39-30)28-11-10-22(17-36-28)18-41-14-12-34(2,44)13-15-41/h3-11,16-17,44H,12-15,18-20H2,1-2H3,(H,38,43)(H3,35,37,39,40). The molecule has 0 atom stereocenters. The summed E-state index contributed by atoms with van der Waals surface area (Å²) >= 11 is 0. The van der Waals surface area contributed by atoms with Crippen LogP contribution in [0.5, 0.6) is 0 Å². The van der Waals surface area contributed by atoms with Crippen LogP contribution >= 0.6 is 0 Å². The van der Waals surface area contributed by atoms with Gasteiger partial charge in [-0.25, -0.2) is 9.78 Å². The lowest BCUT2D eigenvalue weighted by Gasteiger charge is -2.35. The largest absolute Gasteiger partial charge is 0.390 e. The van der Waals surface area contributed by atoms with Crippen LogP contribution in [0.25, 0.3) is 33.7 Å². The minimum atomic E-state index is -0.561. The second-order valence-corrected chi connectivity index (χ2v) is 12.2. The molecule has 3 aromatic heterocycles. The number of rotatable bonds is 5. The van der Waals surface area contributed by atoms with Crippen molar-refractivity contribution in [2.45, 2.75) is 51.9 Å². The van der Waals surface area contributed by atoms with Crippen LogP contribution in [0.4, 0.5) is 16.4 Å². The van der Waals surface area contributed by atoms with Gasteiger partial charge in [-0.3, -0.25) is 9.88 Å². The van der Waals surface area contributed by atoms with Crippen LogP contribution in [0.15, 0.2) is 66.9 Å². The van der Waals surface area contributed by atoms with Gasteiger partial charge in [0.2, 0.25) is 5.95 Å². The molecule has 5 heterocycles. The molecule has 0 saturated carbocycles. The summed E-state index contributed by atoms with van der Waals surface area (Å²) in [7, 11) is 0. The highest BCUT2D eigenvalue weighted by Crippen LogP contribution is 2.35. The van der Waals surface area contributed by atoms with Gasteiger partial charge in [0.05, 0.1) is 22.7 Å². The van der Waals surface area contributed by atoms with Crippen LogP contribution in [0.2, 0.25) is 0 Å². The highest BCUT2D eigenvalue weighted by molar-refractivity contribution is 5.98. The van der Waals surface area contributed by atoms with Crippen LogP contribution in [0.3, 0.4) is 0 Å². The number of nitrogens with zero attached hydrogens (tertiary/aromatic N) is 5. The maximum Gasteiger partial charge on any atom is 0.322 e. The Hall–Kier alpha value is -4.80. The maximum absolute atomic E-state index is 13.2. The minimum absolute atomic E-state index is 0.139. The van der Waals surface area contributed by atoms with E-state index in [1.54, 1.807) is 0 Å². The Labute approximate surface area is 256 Å². The number of urea groups is 1. The van der Waals surface area contributed by atoms with Gasteiger partial charge < -0.3 is 26.0 Å². The normalized spacial score (nSPS) is 16.3. The van der Waals surface area contributed by atoms with Gasteiger partial charge in [0.25, 0.3) is 0 Å². The van der Waals surface area contributed by atoms with E-state index in [9.17, 15) is 9.90 Å². The molecule has 0 aliphatic carbocycles. The third-order valence-corrected chi connectivity index (χ3v) is 8.90. The van der Waals surface area contributed by atoms with E-state index in [0.717, 1.165) is 71.6 Å². The number of aromatic nitrogens is 4. The Bertz CT molecular complexity index is 1830. The van der Waals surface area contributed by atoms with Crippen molar-refractivity contribution in [3.8, 4) is 22.6 Å². The van der Waals surface area contributed by atoms with Crippen molar-refractivity contribution in [2.75, 3.05) is 24.1 Å². The Morgan fingerprint density at radius 2 is 1.80 bits per heavy atom. The number of aromatic amines is 1. The number of hydrogen-bond donors (Lipinski definition) is 4. The number of nitrogens with two attached hydrogens (primary N) is 1. The zero-order valence-electron chi connectivity index (χ0n) is 25.0. The number of nitrogens with one attached hydrogen (secondary N) is 2. The second kappa shape index (κ2) is 11.0. The molecule has 0 bridgehead atoms. The summed E-state index contributed by atoms with van der Waals surface area (Å²) in [5.41, 5.74) is 14.5. The van der Waals surface area contributed by atoms with Crippen molar-refractivity contribution >= 4 is 28.7 Å². The van der Waals surface area contributed by atoms with Crippen molar-refractivity contribution in [3.63, 3.8) is 0 Å². The number of H-pyrrole nitrogens is 1. The Morgan fingerprint density at radius 1 is 1.05 bits per heavy atom. The van der Waals surface area contributed by atoms with Crippen molar-refractivity contribution < 1.29 is 9.90 Å². The van der Waals surface area contributed by atoms with Crippen LogP contribution < -0.4 is 11.1 Å². The molecule has 5 aromatic rings. The summed E-state index contributed by atoms with van der Waals surface area (Å²) in [5, 5.41) is 14.2. The number of nitrogen functional groups attached to an aromatic ring is 1. The lowest BCUT2D eigenvalue weighted by molar-refractivity contribution is -0.00732. The number of fused-ring (bicyclic) bond motifs is 2. The van der Waals surface area contributed by atoms with Gasteiger partial charge in [0.1, 0.15) is 5.65 Å². The SMILES string of the molecule is Cc1c(NC(=O)N2Cc3ccccc3C2)cccc1-c1nc(N)nc2[nH]c(-c3ccc(CN4CCC(C)(O)CC4)cn3)cc12. The lowest BCUT2D eigenvalue weighted by Crippen LogP contribution is -2.41. The topological polar surface area (TPSA) is 136 Å². The van der Waals surface area contributed by atoms with Crippen LogP contribution in [0, 0.1) is 6.92 Å². The predicted molar refractivity (Wildman–Crippen MR) is 172 cm³/mol. The molecule has 2 aliphatic heterocycles. The van der Waals surface area contributed by atoms with Gasteiger partial charge in [0, 0.05) is 55.6 Å². The fourth-order valence-corrected chi connectivity index (χ4v) is 6.20. The molecule has 10 nitrogen and oxygen atoms in total. The fourth-order valence-electron chi connectivity index (χ4n) is 6.20. The minimum Gasteiger partial charge on any atom is -0.390 e. The highest BCUT2D eigenvalue weighted by atomic mass is 16.3. The first-order valence-electron chi connectivity index (χ1n) is 15.0. The smallest absolute Gasteiger partial charge is 0.322 e. The third-order valence-electron chi connectivity index (χ3n) is 8.90. The number of carbonyl (C=O) groups excluding carboxylic acids is 1. The Kier molecular flexibility index (Phi) is 7.02. The molecule has 7 rings (SSSR count). The zero-order valence-corrected chi connectivity index (χ0v) is 25.0. The average molecular weight is 589 g/mol. The van der Waals surface area contributed by atoms with Gasteiger partial charge in [0.15, 0.2) is 0 Å². The molecular formula is C34H36N8O2. The van der Waals surface area contributed by atoms with Crippen molar-refractivity contribution in [2.24, 2.45) is 0 Å². The molecule has 0 unspecified atom stereocenters. The van der Waals surface area contributed by atoms with Gasteiger partial charge in [-0.05, 0) is 67.1 Å². The summed E-state index contributed by atoms with van der Waals surface area (Å²) in [4.78, 5) is 34.6. The maximum atomic E-state index is 13.2. The number of benzene rings is 2. The summed E-state index contributed by atoms with van der Waals surface area (Å²) in [5.74, 6) is 0.161. The summed E-state index contributed by atoms with van der Waals surface area (Å²) in [6, 6.07) is 19.9. The van der Waals surface area contributed by atoms with Crippen molar-refractivity contribution in [1.82, 2.24) is 29.7 Å². The van der Waals surface area contributed by atoms with E-state index >= 15 is 0 Å². The predicted octanol–water partition coefficient (Wildman–Crippen LogP) is 5.47. The average Bonchev–Trinajstić information content (AvgIpc) is 3.64. The molecule has 44 heavy (non-hydrogen) atoms. The highest BCUT2D eigenvalue weighted by Gasteiger charge is 2.27. The van der Waals surface area contributed by atoms with E-state index in [4.69, 9.17) is 10.7 Å². The molecule has 2 aromatic carbocycles. The molecule has 5 N–H and O–H groups in total.